The molecule has 2 nitrogen and oxygen atoms in total. The molecule has 0 atom stereocenters. The van der Waals surface area contributed by atoms with Crippen LogP contribution >= 0.6 is 11.8 Å². The Morgan fingerprint density at radius 2 is 1.50 bits per heavy atom. The maximum absolute atomic E-state index is 9.50. The van der Waals surface area contributed by atoms with E-state index in [9.17, 15) is 4.39 Å². The highest BCUT2D eigenvalue weighted by Crippen LogP contribution is 2.33. The predicted molar refractivity (Wildman–Crippen MR) is 199 cm³/mol. The minimum atomic E-state index is 0.500. The van der Waals surface area contributed by atoms with Crippen molar-refractivity contribution < 1.29 is 4.39 Å². The van der Waals surface area contributed by atoms with E-state index in [0.717, 1.165) is 35.1 Å². The largest absolute Gasteiger partial charge is 0.317 e. The maximum atomic E-state index is 9.50. The molecule has 3 rings (SSSR count). The van der Waals surface area contributed by atoms with Gasteiger partial charge in [0, 0.05) is 29.1 Å². The Balaban J connectivity index is 0.00000130. The number of aryl methyl sites for hydroxylation is 1. The Bertz CT molecular complexity index is 1200. The summed E-state index contributed by atoms with van der Waals surface area (Å²) in [6, 6.07) is 11.7. The van der Waals surface area contributed by atoms with Gasteiger partial charge in [-0.3, -0.25) is 9.37 Å². The molecule has 0 radical (unpaired) electrons. The number of hydrogen-bond acceptors (Lipinski definition) is 3. The number of pyridine rings is 1. The van der Waals surface area contributed by atoms with Crippen molar-refractivity contribution in [2.24, 2.45) is 0 Å². The lowest BCUT2D eigenvalue weighted by atomic mass is 9.96. The number of rotatable bonds is 11. The fourth-order valence-corrected chi connectivity index (χ4v) is 5.68. The van der Waals surface area contributed by atoms with E-state index in [1.54, 1.807) is 0 Å². The van der Waals surface area contributed by atoms with Crippen LogP contribution in [0, 0.1) is 0 Å². The first kappa shape index (κ1) is 41.3. The summed E-state index contributed by atoms with van der Waals surface area (Å²) in [5.74, 6) is 0.908. The fraction of sp³-hybridized carbons (Fsp3) is 0.475. The molecule has 44 heavy (non-hydrogen) atoms. The molecule has 0 unspecified atom stereocenters. The Kier molecular flexibility index (Phi) is 23.1. The van der Waals surface area contributed by atoms with Crippen molar-refractivity contribution in [1.82, 2.24) is 10.3 Å². The van der Waals surface area contributed by atoms with Crippen molar-refractivity contribution >= 4 is 11.8 Å². The summed E-state index contributed by atoms with van der Waals surface area (Å²) in [4.78, 5) is 5.24. The fourth-order valence-electron chi connectivity index (χ4n) is 4.71. The summed E-state index contributed by atoms with van der Waals surface area (Å²) in [5.41, 5.74) is 11.3. The van der Waals surface area contributed by atoms with Crippen LogP contribution in [-0.2, 0) is 12.2 Å². The van der Waals surface area contributed by atoms with Crippen LogP contribution in [0.25, 0.3) is 11.1 Å². The monoisotopic (exact) mass is 620 g/mol. The number of thioether (sulfide) groups is 1. The van der Waals surface area contributed by atoms with Crippen molar-refractivity contribution in [3.05, 3.63) is 112 Å². The van der Waals surface area contributed by atoms with Gasteiger partial charge in [-0.15, -0.1) is 11.8 Å². The highest BCUT2D eigenvalue weighted by Gasteiger charge is 2.11. The van der Waals surface area contributed by atoms with E-state index in [1.165, 1.54) is 76.7 Å². The van der Waals surface area contributed by atoms with E-state index in [1.807, 2.05) is 38.0 Å². The average molecular weight is 621 g/mol. The first-order chi connectivity index (χ1) is 21.2. The Morgan fingerprint density at radius 3 is 2.02 bits per heavy atom. The average Bonchev–Trinajstić information content (AvgIpc) is 3.10. The van der Waals surface area contributed by atoms with Gasteiger partial charge in [0.2, 0.25) is 0 Å². The number of nitrogens with zero attached hydrogens (tertiary/aromatic N) is 1. The first-order valence-corrected chi connectivity index (χ1v) is 17.3. The highest BCUT2D eigenvalue weighted by atomic mass is 32.2. The zero-order chi connectivity index (χ0) is 33.5. The molecule has 1 aromatic carbocycles. The molecule has 2 aromatic rings. The topological polar surface area (TPSA) is 24.9 Å². The molecule has 1 aliphatic carbocycles. The lowest BCUT2D eigenvalue weighted by Gasteiger charge is -2.20. The van der Waals surface area contributed by atoms with Gasteiger partial charge in [0.15, 0.2) is 0 Å². The number of benzene rings is 1. The van der Waals surface area contributed by atoms with E-state index in [2.05, 4.69) is 115 Å². The SMILES string of the molecule is C=C(SCc1cc(-c2ccncc2)ccc1CC)/C(C)=C(\C)C(=C)/C(C)=C\C=C(\C)CC.CC.CF.CNC1CCCCC1. The second-order valence-electron chi connectivity index (χ2n) is 10.9. The predicted octanol–water partition coefficient (Wildman–Crippen LogP) is 12.4. The molecule has 1 fully saturated rings. The minimum Gasteiger partial charge on any atom is -0.317 e. The molecular formula is C40H61FN2S. The molecule has 1 saturated carbocycles. The lowest BCUT2D eigenvalue weighted by molar-refractivity contribution is 0.394. The van der Waals surface area contributed by atoms with Crippen LogP contribution in [0.5, 0.6) is 0 Å². The summed E-state index contributed by atoms with van der Waals surface area (Å²) in [6.45, 7) is 25.7. The number of hydrogen-bond donors (Lipinski definition) is 1. The third-order valence-corrected chi connectivity index (χ3v) is 9.21. The zero-order valence-corrected chi connectivity index (χ0v) is 30.4. The standard InChI is InChI=1S/C30H37NS.C7H15N.C2H6.CH3F/c1-9-21(3)11-12-22(4)23(5)24(6)25(7)26(8)32-20-30-19-29(14-13-27(30)10-2)28-15-17-31-18-16-28;1-8-7-5-3-2-4-6-7;2*1-2/h11-19H,5,8-10,20H2,1-4,6-7H3;7-8H,2-6H2,1H3;1-2H3;1H3/b21-11-,22-12-,25-24+;;;. The maximum Gasteiger partial charge on any atom is 0.0785 e. The van der Waals surface area contributed by atoms with Crippen LogP contribution in [0.3, 0.4) is 0 Å². The molecule has 1 aliphatic rings. The van der Waals surface area contributed by atoms with Gasteiger partial charge in [-0.25, -0.2) is 0 Å². The Morgan fingerprint density at radius 1 is 0.886 bits per heavy atom. The number of allylic oxidation sites excluding steroid dienone is 7. The molecule has 0 spiro atoms. The van der Waals surface area contributed by atoms with Crippen LogP contribution < -0.4 is 5.32 Å². The summed E-state index contributed by atoms with van der Waals surface area (Å²) in [5, 5.41) is 3.30. The van der Waals surface area contributed by atoms with E-state index in [4.69, 9.17) is 0 Å². The number of halogens is 1. The quantitative estimate of drug-likeness (QED) is 0.253. The lowest BCUT2D eigenvalue weighted by Crippen LogP contribution is -2.26. The smallest absolute Gasteiger partial charge is 0.0785 e. The third kappa shape index (κ3) is 14.9. The molecule has 0 amide bonds. The molecule has 0 aliphatic heterocycles. The van der Waals surface area contributed by atoms with E-state index in [-0.39, 0.29) is 0 Å². The van der Waals surface area contributed by atoms with Crippen molar-refractivity contribution in [1.29, 1.82) is 0 Å². The minimum absolute atomic E-state index is 0.500. The van der Waals surface area contributed by atoms with Crippen molar-refractivity contribution in [2.75, 3.05) is 14.2 Å². The van der Waals surface area contributed by atoms with Crippen molar-refractivity contribution in [3.8, 4) is 11.1 Å². The molecule has 0 saturated heterocycles. The summed E-state index contributed by atoms with van der Waals surface area (Å²) in [6.07, 6.45) is 17.3. The van der Waals surface area contributed by atoms with Gasteiger partial charge >= 0.3 is 0 Å². The molecule has 244 valence electrons. The first-order valence-electron chi connectivity index (χ1n) is 16.3. The van der Waals surface area contributed by atoms with E-state index >= 15 is 0 Å². The molecule has 1 N–H and O–H groups in total. The second kappa shape index (κ2) is 24.6. The van der Waals surface area contributed by atoms with E-state index in [0.29, 0.717) is 7.18 Å². The van der Waals surface area contributed by atoms with Crippen molar-refractivity contribution in [3.63, 3.8) is 0 Å². The normalized spacial score (nSPS) is 14.1. The van der Waals surface area contributed by atoms with Crippen LogP contribution in [0.15, 0.2) is 101 Å². The van der Waals surface area contributed by atoms with Crippen LogP contribution in [0.4, 0.5) is 4.39 Å². The molecule has 0 bridgehead atoms. The van der Waals surface area contributed by atoms with Crippen LogP contribution in [0.2, 0.25) is 0 Å². The van der Waals surface area contributed by atoms with Crippen LogP contribution in [-0.4, -0.2) is 25.3 Å². The van der Waals surface area contributed by atoms with Crippen molar-refractivity contribution in [2.45, 2.75) is 112 Å². The van der Waals surface area contributed by atoms with Gasteiger partial charge in [0.25, 0.3) is 0 Å². The Labute approximate surface area is 275 Å². The number of nitrogens with one attached hydrogen (secondary N) is 1. The van der Waals surface area contributed by atoms with Gasteiger partial charge < -0.3 is 5.32 Å². The molecule has 1 heterocycles. The number of aromatic nitrogens is 1. The summed E-state index contributed by atoms with van der Waals surface area (Å²) in [7, 11) is 2.57. The van der Waals surface area contributed by atoms with Crippen LogP contribution in [0.1, 0.15) is 105 Å². The second-order valence-corrected chi connectivity index (χ2v) is 11.9. The van der Waals surface area contributed by atoms with Gasteiger partial charge in [-0.1, -0.05) is 96.0 Å². The Hall–Kier alpha value is -2.69. The molecular weight excluding hydrogens is 560 g/mol. The van der Waals surface area contributed by atoms with Gasteiger partial charge in [0.05, 0.1) is 7.18 Å². The van der Waals surface area contributed by atoms with Gasteiger partial charge in [-0.2, -0.15) is 0 Å². The number of alkyl halides is 1. The van der Waals surface area contributed by atoms with Gasteiger partial charge in [0.1, 0.15) is 0 Å². The molecule has 1 aromatic heterocycles. The van der Waals surface area contributed by atoms with E-state index < -0.39 is 0 Å². The van der Waals surface area contributed by atoms with Gasteiger partial charge in [-0.05, 0) is 117 Å². The summed E-state index contributed by atoms with van der Waals surface area (Å²) >= 11 is 1.81. The third-order valence-electron chi connectivity index (χ3n) is 8.10. The zero-order valence-electron chi connectivity index (χ0n) is 29.6. The summed E-state index contributed by atoms with van der Waals surface area (Å²) < 4.78 is 9.50. The molecule has 4 heteroatoms. The highest BCUT2D eigenvalue weighted by molar-refractivity contribution is 8.02.